The van der Waals surface area contributed by atoms with Crippen LogP contribution in [0.1, 0.15) is 23.2 Å². The first-order valence-electron chi connectivity index (χ1n) is 5.86. The number of carbonyl (C=O) groups excluding carboxylic acids is 1. The topological polar surface area (TPSA) is 158 Å². The standard InChI is InChI=1S/C13H12O9.2Na.2H/c14-9(15)5-13(21,12(19)20)6-10(16)22-8-4-2-1-3-7(8)11(17)18;;;;/h1-4,21H,5-6H2,(H,14,15)(H,17,18)(H,19,20);;;;. The van der Waals surface area contributed by atoms with Crippen LogP contribution in [-0.2, 0) is 14.4 Å². The summed E-state index contributed by atoms with van der Waals surface area (Å²) in [7, 11) is 0. The molecule has 0 spiro atoms. The van der Waals surface area contributed by atoms with E-state index in [2.05, 4.69) is 0 Å². The third kappa shape index (κ3) is 7.31. The molecular weight excluding hydrogens is 346 g/mol. The van der Waals surface area contributed by atoms with E-state index in [4.69, 9.17) is 20.1 Å². The van der Waals surface area contributed by atoms with Crippen molar-refractivity contribution < 1.29 is 44.3 Å². The number of esters is 1. The van der Waals surface area contributed by atoms with Crippen LogP contribution in [0.4, 0.5) is 0 Å². The Bertz CT molecular complexity index is 632. The molecule has 0 aromatic heterocycles. The van der Waals surface area contributed by atoms with E-state index in [-0.39, 0.29) is 70.4 Å². The van der Waals surface area contributed by atoms with Crippen molar-refractivity contribution in [1.29, 1.82) is 0 Å². The molecule has 0 aliphatic carbocycles. The van der Waals surface area contributed by atoms with E-state index in [1.54, 1.807) is 0 Å². The van der Waals surface area contributed by atoms with Gasteiger partial charge in [0.15, 0.2) is 5.60 Å². The van der Waals surface area contributed by atoms with Gasteiger partial charge in [-0.05, 0) is 12.1 Å². The number of carboxylic acids is 3. The molecule has 0 aliphatic rings. The Kier molecular flexibility index (Phi) is 11.4. The maximum atomic E-state index is 11.7. The number of carboxylic acid groups (broad SMARTS) is 3. The Hall–Kier alpha value is -0.940. The van der Waals surface area contributed by atoms with Crippen molar-refractivity contribution in [2.24, 2.45) is 0 Å². The van der Waals surface area contributed by atoms with Crippen molar-refractivity contribution in [1.82, 2.24) is 0 Å². The predicted molar refractivity (Wildman–Crippen MR) is 82.8 cm³/mol. The van der Waals surface area contributed by atoms with Crippen molar-refractivity contribution in [3.05, 3.63) is 29.8 Å². The number of aliphatic carboxylic acids is 2. The van der Waals surface area contributed by atoms with Gasteiger partial charge in [0.05, 0.1) is 12.8 Å². The summed E-state index contributed by atoms with van der Waals surface area (Å²) in [6, 6.07) is 5.10. The molecule has 0 heterocycles. The average Bonchev–Trinajstić information content (AvgIpc) is 2.37. The van der Waals surface area contributed by atoms with Crippen LogP contribution >= 0.6 is 0 Å². The van der Waals surface area contributed by atoms with Crippen LogP contribution in [0, 0.1) is 0 Å². The van der Waals surface area contributed by atoms with Crippen LogP contribution in [0.3, 0.4) is 0 Å². The van der Waals surface area contributed by atoms with E-state index >= 15 is 0 Å². The summed E-state index contributed by atoms with van der Waals surface area (Å²) >= 11 is 0. The van der Waals surface area contributed by atoms with Crippen molar-refractivity contribution >= 4 is 83.0 Å². The van der Waals surface area contributed by atoms with Crippen molar-refractivity contribution in [3.8, 4) is 5.75 Å². The number of aromatic carboxylic acids is 1. The number of rotatable bonds is 7. The molecule has 0 saturated heterocycles. The molecule has 0 aliphatic heterocycles. The van der Waals surface area contributed by atoms with Crippen molar-refractivity contribution in [2.45, 2.75) is 18.4 Å². The summed E-state index contributed by atoms with van der Waals surface area (Å²) in [4.78, 5) is 44.0. The first-order chi connectivity index (χ1) is 10.2. The van der Waals surface area contributed by atoms with Crippen molar-refractivity contribution in [3.63, 3.8) is 0 Å². The van der Waals surface area contributed by atoms with E-state index < -0.39 is 42.3 Å². The van der Waals surface area contributed by atoms with E-state index in [1.807, 2.05) is 0 Å². The summed E-state index contributed by atoms with van der Waals surface area (Å²) < 4.78 is 4.70. The number of hydrogen-bond donors (Lipinski definition) is 4. The van der Waals surface area contributed by atoms with Gasteiger partial charge >= 0.3 is 83.0 Å². The van der Waals surface area contributed by atoms with Gasteiger partial charge in [-0.2, -0.15) is 0 Å². The van der Waals surface area contributed by atoms with Gasteiger partial charge in [-0.1, -0.05) is 12.1 Å². The second-order valence-electron chi connectivity index (χ2n) is 4.36. The molecule has 0 radical (unpaired) electrons. The first-order valence-corrected chi connectivity index (χ1v) is 5.86. The third-order valence-corrected chi connectivity index (χ3v) is 2.62. The molecule has 4 N–H and O–H groups in total. The molecule has 11 heteroatoms. The average molecular weight is 360 g/mol. The van der Waals surface area contributed by atoms with Gasteiger partial charge in [-0.25, -0.2) is 9.59 Å². The zero-order valence-electron chi connectivity index (χ0n) is 11.1. The van der Waals surface area contributed by atoms with Gasteiger partial charge in [-0.3, -0.25) is 9.59 Å². The van der Waals surface area contributed by atoms with Gasteiger partial charge in [0.2, 0.25) is 0 Å². The number of benzene rings is 1. The number of ether oxygens (including phenoxy) is 1. The van der Waals surface area contributed by atoms with Gasteiger partial charge in [0.25, 0.3) is 0 Å². The third-order valence-electron chi connectivity index (χ3n) is 2.62. The monoisotopic (exact) mass is 360 g/mol. The molecule has 9 nitrogen and oxygen atoms in total. The predicted octanol–water partition coefficient (Wildman–Crippen LogP) is -1.33. The normalized spacial score (nSPS) is 11.9. The quantitative estimate of drug-likeness (QED) is 0.263. The van der Waals surface area contributed by atoms with Crippen LogP contribution < -0.4 is 4.74 Å². The minimum atomic E-state index is -2.85. The summed E-state index contributed by atoms with van der Waals surface area (Å²) in [5.41, 5.74) is -3.19. The maximum absolute atomic E-state index is 11.7. The molecule has 1 rings (SSSR count). The van der Waals surface area contributed by atoms with E-state index in [1.165, 1.54) is 18.2 Å². The zero-order valence-corrected chi connectivity index (χ0v) is 11.1. The van der Waals surface area contributed by atoms with Crippen LogP contribution in [0.25, 0.3) is 0 Å². The minimum absolute atomic E-state index is 0. The molecule has 122 valence electrons. The number of para-hydroxylation sites is 1. The second kappa shape index (κ2) is 10.8. The van der Waals surface area contributed by atoms with Crippen molar-refractivity contribution in [2.75, 3.05) is 0 Å². The Morgan fingerprint density at radius 2 is 1.50 bits per heavy atom. The Morgan fingerprint density at radius 3 is 1.96 bits per heavy atom. The molecular formula is C13H14Na2O9. The molecule has 0 bridgehead atoms. The second-order valence-corrected chi connectivity index (χ2v) is 4.36. The Balaban J connectivity index is 0. The molecule has 0 saturated carbocycles. The Labute approximate surface area is 180 Å². The molecule has 0 amide bonds. The zero-order chi connectivity index (χ0) is 16.9. The summed E-state index contributed by atoms with van der Waals surface area (Å²) in [6.07, 6.45) is -2.36. The van der Waals surface area contributed by atoms with E-state index in [0.717, 1.165) is 6.07 Å². The van der Waals surface area contributed by atoms with E-state index in [9.17, 15) is 24.3 Å². The SMILES string of the molecule is O=C(O)CC(O)(CC(=O)Oc1ccccc1C(=O)O)C(=O)O.[NaH].[NaH]. The molecule has 1 aromatic rings. The van der Waals surface area contributed by atoms with Gasteiger partial charge in [0.1, 0.15) is 11.3 Å². The van der Waals surface area contributed by atoms with Crippen LogP contribution in [-0.4, -0.2) is 109 Å². The van der Waals surface area contributed by atoms with E-state index in [0.29, 0.717) is 0 Å². The Morgan fingerprint density at radius 1 is 0.958 bits per heavy atom. The molecule has 1 atom stereocenters. The van der Waals surface area contributed by atoms with Crippen LogP contribution in [0.2, 0.25) is 0 Å². The number of aliphatic hydroxyl groups is 1. The van der Waals surface area contributed by atoms with Gasteiger partial charge in [-0.15, -0.1) is 0 Å². The molecule has 1 aromatic carbocycles. The number of hydrogen-bond acceptors (Lipinski definition) is 6. The fraction of sp³-hybridized carbons (Fsp3) is 0.231. The first kappa shape index (κ1) is 25.3. The van der Waals surface area contributed by atoms with Gasteiger partial charge < -0.3 is 25.2 Å². The summed E-state index contributed by atoms with van der Waals surface area (Å²) in [5.74, 6) is -6.52. The molecule has 0 fully saturated rings. The fourth-order valence-corrected chi connectivity index (χ4v) is 1.59. The van der Waals surface area contributed by atoms with Gasteiger partial charge in [0, 0.05) is 0 Å². The fourth-order valence-electron chi connectivity index (χ4n) is 1.59. The molecule has 1 unspecified atom stereocenters. The number of carbonyl (C=O) groups is 4. The summed E-state index contributed by atoms with van der Waals surface area (Å²) in [5, 5.41) is 36.0. The summed E-state index contributed by atoms with van der Waals surface area (Å²) in [6.45, 7) is 0. The van der Waals surface area contributed by atoms with Crippen LogP contribution in [0.15, 0.2) is 24.3 Å². The van der Waals surface area contributed by atoms with Crippen LogP contribution in [0.5, 0.6) is 5.75 Å². The molecule has 24 heavy (non-hydrogen) atoms.